The fraction of sp³-hybridized carbons (Fsp3) is 0.133. The topological polar surface area (TPSA) is 89.7 Å². The van der Waals surface area contributed by atoms with E-state index in [9.17, 15) is 28.1 Å². The predicted octanol–water partition coefficient (Wildman–Crippen LogP) is 3.99. The number of nitro benzene ring substituents is 1. The van der Waals surface area contributed by atoms with Crippen LogP contribution in [0.15, 0.2) is 36.4 Å². The molecular formula is C15H10F3NO5. The molecule has 0 atom stereocenters. The molecule has 0 amide bonds. The van der Waals surface area contributed by atoms with Crippen LogP contribution >= 0.6 is 0 Å². The zero-order valence-corrected chi connectivity index (χ0v) is 12.1. The first-order valence-corrected chi connectivity index (χ1v) is 6.42. The van der Waals surface area contributed by atoms with E-state index in [-0.39, 0.29) is 16.7 Å². The van der Waals surface area contributed by atoms with Gasteiger partial charge in [0.15, 0.2) is 0 Å². The van der Waals surface area contributed by atoms with Crippen LogP contribution in [0.5, 0.6) is 5.75 Å². The maximum Gasteiger partial charge on any atom is 0.419 e. The van der Waals surface area contributed by atoms with Crippen LogP contribution in [0.3, 0.4) is 0 Å². The molecule has 0 heterocycles. The first-order chi connectivity index (χ1) is 11.1. The molecule has 24 heavy (non-hydrogen) atoms. The molecule has 1 N–H and O–H groups in total. The van der Waals surface area contributed by atoms with Crippen molar-refractivity contribution in [2.45, 2.75) is 6.18 Å². The molecule has 0 spiro atoms. The molecule has 0 aliphatic heterocycles. The van der Waals surface area contributed by atoms with Crippen molar-refractivity contribution in [2.24, 2.45) is 0 Å². The Morgan fingerprint density at radius 2 is 1.88 bits per heavy atom. The highest BCUT2D eigenvalue weighted by Crippen LogP contribution is 2.39. The fourth-order valence-corrected chi connectivity index (χ4v) is 2.17. The van der Waals surface area contributed by atoms with Gasteiger partial charge < -0.3 is 9.84 Å². The van der Waals surface area contributed by atoms with E-state index in [1.54, 1.807) is 0 Å². The molecular weight excluding hydrogens is 331 g/mol. The van der Waals surface area contributed by atoms with Crippen LogP contribution in [-0.4, -0.2) is 23.1 Å². The molecule has 126 valence electrons. The average Bonchev–Trinajstić information content (AvgIpc) is 2.52. The Bertz CT molecular complexity index is 817. The second-order valence-corrected chi connectivity index (χ2v) is 4.70. The minimum atomic E-state index is -4.73. The lowest BCUT2D eigenvalue weighted by Crippen LogP contribution is -2.08. The van der Waals surface area contributed by atoms with Crippen LogP contribution in [0.25, 0.3) is 11.1 Å². The predicted molar refractivity (Wildman–Crippen MR) is 77.0 cm³/mol. The highest BCUT2D eigenvalue weighted by Gasteiger charge is 2.35. The highest BCUT2D eigenvalue weighted by molar-refractivity contribution is 5.96. The number of ether oxygens (including phenoxy) is 1. The smallest absolute Gasteiger partial charge is 0.419 e. The van der Waals surface area contributed by atoms with E-state index >= 15 is 0 Å². The summed E-state index contributed by atoms with van der Waals surface area (Å²) in [6.45, 7) is 0. The lowest BCUT2D eigenvalue weighted by Gasteiger charge is -2.14. The fourth-order valence-electron chi connectivity index (χ4n) is 2.17. The number of benzene rings is 2. The minimum Gasteiger partial charge on any atom is -0.496 e. The van der Waals surface area contributed by atoms with Gasteiger partial charge in [0.05, 0.1) is 23.2 Å². The van der Waals surface area contributed by atoms with Crippen LogP contribution in [0, 0.1) is 10.1 Å². The largest absolute Gasteiger partial charge is 0.496 e. The molecule has 0 aromatic heterocycles. The quantitative estimate of drug-likeness (QED) is 0.671. The zero-order chi connectivity index (χ0) is 18.1. The molecule has 0 aliphatic carbocycles. The molecule has 2 aromatic rings. The maximum atomic E-state index is 13.1. The van der Waals surface area contributed by atoms with Gasteiger partial charge in [-0.1, -0.05) is 6.07 Å². The minimum absolute atomic E-state index is 0.121. The number of nitro groups is 1. The molecule has 9 heteroatoms. The van der Waals surface area contributed by atoms with Gasteiger partial charge in [0.25, 0.3) is 5.69 Å². The van der Waals surface area contributed by atoms with Gasteiger partial charge in [0.1, 0.15) is 5.75 Å². The summed E-state index contributed by atoms with van der Waals surface area (Å²) >= 11 is 0. The average molecular weight is 341 g/mol. The van der Waals surface area contributed by atoms with E-state index < -0.39 is 34.1 Å². The van der Waals surface area contributed by atoms with Gasteiger partial charge in [-0.3, -0.25) is 10.1 Å². The Morgan fingerprint density at radius 1 is 1.21 bits per heavy atom. The van der Waals surface area contributed by atoms with E-state index in [2.05, 4.69) is 4.74 Å². The van der Waals surface area contributed by atoms with Gasteiger partial charge in [0.2, 0.25) is 0 Å². The first kappa shape index (κ1) is 17.3. The SMILES string of the molecule is COc1ccc(-c2cc([N+](=O)[O-])ccc2C(=O)O)cc1C(F)(F)F. The standard InChI is InChI=1S/C15H10F3NO5/c1-24-13-5-2-8(6-12(13)15(16,17)18)11-7-9(19(22)23)3-4-10(11)14(20)21/h2-7H,1H3,(H,20,21). The van der Waals surface area contributed by atoms with Crippen LogP contribution < -0.4 is 4.74 Å². The van der Waals surface area contributed by atoms with Gasteiger partial charge in [-0.2, -0.15) is 13.2 Å². The van der Waals surface area contributed by atoms with Crippen LogP contribution in [0.2, 0.25) is 0 Å². The van der Waals surface area contributed by atoms with Gasteiger partial charge in [0, 0.05) is 17.7 Å². The molecule has 0 saturated heterocycles. The second kappa shape index (κ2) is 6.19. The van der Waals surface area contributed by atoms with Crippen molar-refractivity contribution in [1.29, 1.82) is 0 Å². The number of carboxylic acid groups (broad SMARTS) is 1. The molecule has 6 nitrogen and oxygen atoms in total. The Labute approximate surface area is 133 Å². The third kappa shape index (κ3) is 3.29. The molecule has 2 aromatic carbocycles. The first-order valence-electron chi connectivity index (χ1n) is 6.42. The van der Waals surface area contributed by atoms with Crippen molar-refractivity contribution in [3.63, 3.8) is 0 Å². The van der Waals surface area contributed by atoms with Gasteiger partial charge in [-0.05, 0) is 23.8 Å². The normalized spacial score (nSPS) is 11.2. The number of alkyl halides is 3. The molecule has 0 unspecified atom stereocenters. The van der Waals surface area contributed by atoms with Crippen molar-refractivity contribution >= 4 is 11.7 Å². The molecule has 0 fully saturated rings. The number of aromatic carboxylic acids is 1. The van der Waals surface area contributed by atoms with Crippen molar-refractivity contribution in [3.05, 3.63) is 57.6 Å². The summed E-state index contributed by atoms with van der Waals surface area (Å²) < 4.78 is 43.9. The number of hydrogen-bond donors (Lipinski definition) is 1. The summed E-state index contributed by atoms with van der Waals surface area (Å²) in [7, 11) is 1.07. The van der Waals surface area contributed by atoms with Gasteiger partial charge >= 0.3 is 12.1 Å². The third-order valence-corrected chi connectivity index (χ3v) is 3.26. The van der Waals surface area contributed by atoms with Gasteiger partial charge in [-0.15, -0.1) is 0 Å². The van der Waals surface area contributed by atoms with E-state index in [1.165, 1.54) is 6.07 Å². The van der Waals surface area contributed by atoms with Crippen molar-refractivity contribution < 1.29 is 32.7 Å². The van der Waals surface area contributed by atoms with Crippen molar-refractivity contribution in [2.75, 3.05) is 7.11 Å². The summed E-state index contributed by atoms with van der Waals surface area (Å²) in [6, 6.07) is 5.81. The molecule has 0 bridgehead atoms. The summed E-state index contributed by atoms with van der Waals surface area (Å²) in [5.74, 6) is -1.85. The summed E-state index contributed by atoms with van der Waals surface area (Å²) in [4.78, 5) is 21.4. The Kier molecular flexibility index (Phi) is 4.45. The molecule has 0 aliphatic rings. The lowest BCUT2D eigenvalue weighted by molar-refractivity contribution is -0.384. The molecule has 2 rings (SSSR count). The van der Waals surface area contributed by atoms with E-state index in [4.69, 9.17) is 5.11 Å². The monoisotopic (exact) mass is 341 g/mol. The van der Waals surface area contributed by atoms with Crippen LogP contribution in [0.1, 0.15) is 15.9 Å². The summed E-state index contributed by atoms with van der Waals surface area (Å²) in [5.41, 5.74) is -2.20. The molecule has 0 radical (unpaired) electrons. The number of carbonyl (C=O) groups is 1. The number of hydrogen-bond acceptors (Lipinski definition) is 4. The number of nitrogens with zero attached hydrogens (tertiary/aromatic N) is 1. The van der Waals surface area contributed by atoms with Crippen LogP contribution in [0.4, 0.5) is 18.9 Å². The highest BCUT2D eigenvalue weighted by atomic mass is 19.4. The number of rotatable bonds is 4. The maximum absolute atomic E-state index is 13.1. The van der Waals surface area contributed by atoms with Crippen molar-refractivity contribution in [3.8, 4) is 16.9 Å². The number of carboxylic acids is 1. The summed E-state index contributed by atoms with van der Waals surface area (Å²) in [5, 5.41) is 20.0. The zero-order valence-electron chi connectivity index (χ0n) is 12.1. The summed E-state index contributed by atoms with van der Waals surface area (Å²) in [6.07, 6.45) is -4.73. The molecule has 0 saturated carbocycles. The van der Waals surface area contributed by atoms with Gasteiger partial charge in [-0.25, -0.2) is 4.79 Å². The Hall–Kier alpha value is -3.10. The second-order valence-electron chi connectivity index (χ2n) is 4.70. The lowest BCUT2D eigenvalue weighted by atomic mass is 9.97. The van der Waals surface area contributed by atoms with E-state index in [0.717, 1.165) is 31.4 Å². The number of halogens is 3. The van der Waals surface area contributed by atoms with E-state index in [0.29, 0.717) is 6.07 Å². The number of non-ortho nitro benzene ring substituents is 1. The van der Waals surface area contributed by atoms with E-state index in [1.807, 2.05) is 0 Å². The van der Waals surface area contributed by atoms with Crippen LogP contribution in [-0.2, 0) is 6.18 Å². The Balaban J connectivity index is 2.73. The van der Waals surface area contributed by atoms with Crippen molar-refractivity contribution in [1.82, 2.24) is 0 Å². The Morgan fingerprint density at radius 3 is 2.38 bits per heavy atom. The number of methoxy groups -OCH3 is 1. The third-order valence-electron chi connectivity index (χ3n) is 3.26.